The Balaban J connectivity index is 1.37. The smallest absolute Gasteiger partial charge is 0.227 e. The number of rotatable bonds is 8. The molecule has 0 aliphatic carbocycles. The van der Waals surface area contributed by atoms with Crippen molar-refractivity contribution >= 4 is 11.6 Å². The number of amides is 1. The van der Waals surface area contributed by atoms with Crippen LogP contribution in [0.2, 0.25) is 0 Å². The zero-order chi connectivity index (χ0) is 22.2. The van der Waals surface area contributed by atoms with Crippen LogP contribution >= 0.6 is 0 Å². The first-order valence-corrected chi connectivity index (χ1v) is 11.1. The molecule has 0 atom stereocenters. The van der Waals surface area contributed by atoms with Crippen molar-refractivity contribution in [2.75, 3.05) is 44.8 Å². The van der Waals surface area contributed by atoms with E-state index in [1.807, 2.05) is 47.4 Å². The van der Waals surface area contributed by atoms with E-state index in [0.717, 1.165) is 38.2 Å². The summed E-state index contributed by atoms with van der Waals surface area (Å²) in [5.41, 5.74) is 3.30. The molecule has 3 aromatic rings. The van der Waals surface area contributed by atoms with E-state index in [9.17, 15) is 4.79 Å². The lowest BCUT2D eigenvalue weighted by molar-refractivity contribution is -0.130. The number of hydrogen-bond acceptors (Lipinski definition) is 4. The van der Waals surface area contributed by atoms with Crippen molar-refractivity contribution in [3.05, 3.63) is 90.0 Å². The number of methoxy groups -OCH3 is 1. The molecule has 3 aromatic carbocycles. The highest BCUT2D eigenvalue weighted by Gasteiger charge is 2.23. The summed E-state index contributed by atoms with van der Waals surface area (Å²) in [5, 5.41) is 0. The van der Waals surface area contributed by atoms with Gasteiger partial charge in [0, 0.05) is 43.9 Å². The number of nitrogens with zero attached hydrogens (tertiary/aromatic N) is 2. The number of para-hydroxylation sites is 2. The van der Waals surface area contributed by atoms with Crippen molar-refractivity contribution in [2.45, 2.75) is 12.8 Å². The van der Waals surface area contributed by atoms with Crippen LogP contribution in [-0.4, -0.2) is 50.7 Å². The van der Waals surface area contributed by atoms with E-state index in [-0.39, 0.29) is 5.91 Å². The zero-order valence-electron chi connectivity index (χ0n) is 18.6. The Morgan fingerprint density at radius 1 is 0.844 bits per heavy atom. The minimum Gasteiger partial charge on any atom is -0.493 e. The lowest BCUT2D eigenvalue weighted by Gasteiger charge is -2.36. The lowest BCUT2D eigenvalue weighted by Crippen LogP contribution is -2.49. The largest absolute Gasteiger partial charge is 0.493 e. The molecule has 0 aromatic heterocycles. The molecule has 0 saturated carbocycles. The Morgan fingerprint density at radius 2 is 1.53 bits per heavy atom. The molecule has 0 radical (unpaired) electrons. The van der Waals surface area contributed by atoms with Crippen molar-refractivity contribution < 1.29 is 14.3 Å². The molecule has 5 nitrogen and oxygen atoms in total. The SMILES string of the molecule is COc1cccc(CC(=O)N2CCN(c3ccccc3)CC2)c1OCCc1ccccc1. The van der Waals surface area contributed by atoms with E-state index < -0.39 is 0 Å². The third-order valence-corrected chi connectivity index (χ3v) is 5.86. The Kier molecular flexibility index (Phi) is 7.28. The topological polar surface area (TPSA) is 42.0 Å². The number of ether oxygens (including phenoxy) is 2. The Hall–Kier alpha value is -3.47. The van der Waals surface area contributed by atoms with Gasteiger partial charge in [0.15, 0.2) is 11.5 Å². The van der Waals surface area contributed by atoms with Gasteiger partial charge in [-0.3, -0.25) is 4.79 Å². The van der Waals surface area contributed by atoms with Gasteiger partial charge in [0.1, 0.15) is 0 Å². The van der Waals surface area contributed by atoms with E-state index in [2.05, 4.69) is 41.3 Å². The number of benzene rings is 3. The lowest BCUT2D eigenvalue weighted by atomic mass is 10.1. The second kappa shape index (κ2) is 10.7. The maximum absolute atomic E-state index is 13.1. The molecular weight excluding hydrogens is 400 g/mol. The Morgan fingerprint density at radius 3 is 2.22 bits per heavy atom. The van der Waals surface area contributed by atoms with E-state index in [0.29, 0.717) is 24.5 Å². The van der Waals surface area contributed by atoms with Crippen molar-refractivity contribution in [1.29, 1.82) is 0 Å². The van der Waals surface area contributed by atoms with Crippen molar-refractivity contribution in [3.63, 3.8) is 0 Å². The number of carbonyl (C=O) groups is 1. The normalized spacial score (nSPS) is 13.7. The fourth-order valence-electron chi connectivity index (χ4n) is 4.07. The molecule has 1 fully saturated rings. The molecule has 1 heterocycles. The Bertz CT molecular complexity index is 1000. The van der Waals surface area contributed by atoms with Gasteiger partial charge in [-0.2, -0.15) is 0 Å². The van der Waals surface area contributed by atoms with Gasteiger partial charge in [-0.25, -0.2) is 0 Å². The first-order valence-electron chi connectivity index (χ1n) is 11.1. The summed E-state index contributed by atoms with van der Waals surface area (Å²) in [7, 11) is 1.63. The minimum atomic E-state index is 0.124. The fraction of sp³-hybridized carbons (Fsp3) is 0.296. The molecule has 5 heteroatoms. The predicted octanol–water partition coefficient (Wildman–Crippen LogP) is 4.21. The highest BCUT2D eigenvalue weighted by atomic mass is 16.5. The van der Waals surface area contributed by atoms with Crippen LogP contribution in [0.4, 0.5) is 5.69 Å². The monoisotopic (exact) mass is 430 g/mol. The quantitative estimate of drug-likeness (QED) is 0.537. The van der Waals surface area contributed by atoms with Gasteiger partial charge in [0.25, 0.3) is 0 Å². The minimum absolute atomic E-state index is 0.124. The molecule has 1 aliphatic heterocycles. The zero-order valence-corrected chi connectivity index (χ0v) is 18.6. The first kappa shape index (κ1) is 21.8. The average Bonchev–Trinajstić information content (AvgIpc) is 2.86. The fourth-order valence-corrected chi connectivity index (χ4v) is 4.07. The second-order valence-electron chi connectivity index (χ2n) is 7.91. The van der Waals surface area contributed by atoms with Gasteiger partial charge >= 0.3 is 0 Å². The maximum atomic E-state index is 13.1. The van der Waals surface area contributed by atoms with Gasteiger partial charge in [-0.15, -0.1) is 0 Å². The molecule has 1 aliphatic rings. The summed E-state index contributed by atoms with van der Waals surface area (Å²) < 4.78 is 11.6. The van der Waals surface area contributed by atoms with E-state index in [1.165, 1.54) is 11.3 Å². The van der Waals surface area contributed by atoms with Gasteiger partial charge in [-0.1, -0.05) is 60.7 Å². The van der Waals surface area contributed by atoms with Crippen LogP contribution in [-0.2, 0) is 17.6 Å². The highest BCUT2D eigenvalue weighted by Crippen LogP contribution is 2.32. The van der Waals surface area contributed by atoms with Crippen molar-refractivity contribution in [2.24, 2.45) is 0 Å². The van der Waals surface area contributed by atoms with E-state index in [4.69, 9.17) is 9.47 Å². The molecule has 0 spiro atoms. The number of piperazine rings is 1. The molecule has 0 bridgehead atoms. The first-order chi connectivity index (χ1) is 15.7. The predicted molar refractivity (Wildman–Crippen MR) is 128 cm³/mol. The summed E-state index contributed by atoms with van der Waals surface area (Å²) in [6.07, 6.45) is 1.11. The van der Waals surface area contributed by atoms with Crippen LogP contribution in [0, 0.1) is 0 Å². The molecule has 0 N–H and O–H groups in total. The molecule has 166 valence electrons. The van der Waals surface area contributed by atoms with Crippen LogP contribution < -0.4 is 14.4 Å². The highest BCUT2D eigenvalue weighted by molar-refractivity contribution is 5.80. The third kappa shape index (κ3) is 5.41. The summed E-state index contributed by atoms with van der Waals surface area (Å²) in [4.78, 5) is 17.3. The number of hydrogen-bond donors (Lipinski definition) is 0. The van der Waals surface area contributed by atoms with Gasteiger partial charge in [0.2, 0.25) is 5.91 Å². The van der Waals surface area contributed by atoms with Crippen molar-refractivity contribution in [1.82, 2.24) is 4.90 Å². The summed E-state index contributed by atoms with van der Waals surface area (Å²) in [6, 6.07) is 26.4. The van der Waals surface area contributed by atoms with E-state index in [1.54, 1.807) is 7.11 Å². The maximum Gasteiger partial charge on any atom is 0.227 e. The molecule has 32 heavy (non-hydrogen) atoms. The van der Waals surface area contributed by atoms with Crippen LogP contribution in [0.3, 0.4) is 0 Å². The van der Waals surface area contributed by atoms with Crippen LogP contribution in [0.25, 0.3) is 0 Å². The third-order valence-electron chi connectivity index (χ3n) is 5.86. The van der Waals surface area contributed by atoms with Crippen LogP contribution in [0.1, 0.15) is 11.1 Å². The molecule has 0 unspecified atom stereocenters. The molecular formula is C27H30N2O3. The molecule has 1 saturated heterocycles. The Labute approximate surface area is 190 Å². The summed E-state index contributed by atoms with van der Waals surface area (Å²) in [6.45, 7) is 3.66. The molecule has 4 rings (SSSR count). The average molecular weight is 431 g/mol. The second-order valence-corrected chi connectivity index (χ2v) is 7.91. The van der Waals surface area contributed by atoms with Crippen molar-refractivity contribution in [3.8, 4) is 11.5 Å². The number of anilines is 1. The number of carbonyl (C=O) groups excluding carboxylic acids is 1. The van der Waals surface area contributed by atoms with Gasteiger partial charge in [0.05, 0.1) is 20.1 Å². The standard InChI is InChI=1S/C27H30N2O3/c1-31-25-14-8-11-23(27(25)32-20-15-22-9-4-2-5-10-22)21-26(30)29-18-16-28(17-19-29)24-12-6-3-7-13-24/h2-14H,15-21H2,1H3. The van der Waals surface area contributed by atoms with E-state index >= 15 is 0 Å². The van der Waals surface area contributed by atoms with Crippen LogP contribution in [0.15, 0.2) is 78.9 Å². The van der Waals surface area contributed by atoms with Crippen LogP contribution in [0.5, 0.6) is 11.5 Å². The van der Waals surface area contributed by atoms with Gasteiger partial charge < -0.3 is 19.3 Å². The van der Waals surface area contributed by atoms with Gasteiger partial charge in [-0.05, 0) is 23.8 Å². The summed E-state index contributed by atoms with van der Waals surface area (Å²) in [5.74, 6) is 1.46. The molecule has 1 amide bonds. The summed E-state index contributed by atoms with van der Waals surface area (Å²) >= 11 is 0.